The average Bonchev–Trinajstić information content (AvgIpc) is 3.30. The zero-order valence-electron chi connectivity index (χ0n) is 11.8. The highest BCUT2D eigenvalue weighted by molar-refractivity contribution is 5.39. The Kier molecular flexibility index (Phi) is 3.45. The highest BCUT2D eigenvalue weighted by atomic mass is 16.5. The van der Waals surface area contributed by atoms with Crippen LogP contribution in [-0.2, 0) is 5.41 Å². The van der Waals surface area contributed by atoms with Crippen molar-refractivity contribution in [3.05, 3.63) is 59.9 Å². The summed E-state index contributed by atoms with van der Waals surface area (Å²) in [4.78, 5) is 4.25. The lowest BCUT2D eigenvalue weighted by Gasteiger charge is -2.24. The van der Waals surface area contributed by atoms with Crippen LogP contribution in [0.4, 0.5) is 0 Å². The summed E-state index contributed by atoms with van der Waals surface area (Å²) in [5, 5.41) is 0. The minimum absolute atomic E-state index is 0.0298. The van der Waals surface area contributed by atoms with E-state index in [-0.39, 0.29) is 11.5 Å². The van der Waals surface area contributed by atoms with Crippen molar-refractivity contribution in [3.8, 4) is 5.75 Å². The Labute approximate surface area is 119 Å². The molecule has 1 aromatic heterocycles. The molecule has 1 aromatic carbocycles. The third-order valence-corrected chi connectivity index (χ3v) is 4.14. The highest BCUT2D eigenvalue weighted by Gasteiger charge is 2.49. The van der Waals surface area contributed by atoms with Crippen LogP contribution in [0.15, 0.2) is 48.8 Å². The number of nitrogens with two attached hydrogens (primary N) is 1. The fourth-order valence-electron chi connectivity index (χ4n) is 2.85. The zero-order chi connectivity index (χ0) is 14.0. The van der Waals surface area contributed by atoms with Crippen LogP contribution in [0.5, 0.6) is 5.75 Å². The molecule has 1 fully saturated rings. The topological polar surface area (TPSA) is 48.1 Å². The molecule has 0 aliphatic heterocycles. The standard InChI is InChI=1S/C17H20N2O/c1-2-20-15-10-13(11-19-12-15)16(18)17(8-9-17)14-6-4-3-5-7-14/h3-7,10-12,16H,2,8-9,18H2,1H3. The summed E-state index contributed by atoms with van der Waals surface area (Å²) < 4.78 is 5.52. The first-order valence-corrected chi connectivity index (χ1v) is 7.15. The van der Waals surface area contributed by atoms with Gasteiger partial charge in [-0.2, -0.15) is 0 Å². The molecule has 2 aromatic rings. The van der Waals surface area contributed by atoms with Gasteiger partial charge in [-0.15, -0.1) is 0 Å². The van der Waals surface area contributed by atoms with E-state index in [1.807, 2.05) is 25.3 Å². The van der Waals surface area contributed by atoms with Crippen LogP contribution in [-0.4, -0.2) is 11.6 Å². The second kappa shape index (κ2) is 5.25. The molecular weight excluding hydrogens is 248 g/mol. The van der Waals surface area contributed by atoms with Crippen molar-refractivity contribution in [3.63, 3.8) is 0 Å². The Bertz CT molecular complexity index is 579. The first-order valence-electron chi connectivity index (χ1n) is 7.15. The number of ether oxygens (including phenoxy) is 1. The predicted octanol–water partition coefficient (Wildman–Crippen LogP) is 3.21. The molecule has 0 saturated heterocycles. The maximum absolute atomic E-state index is 6.54. The lowest BCUT2D eigenvalue weighted by atomic mass is 9.85. The number of hydrogen-bond donors (Lipinski definition) is 1. The summed E-state index contributed by atoms with van der Waals surface area (Å²) >= 11 is 0. The van der Waals surface area contributed by atoms with E-state index >= 15 is 0 Å². The van der Waals surface area contributed by atoms with Gasteiger partial charge in [-0.3, -0.25) is 4.98 Å². The van der Waals surface area contributed by atoms with Crippen LogP contribution in [0.1, 0.15) is 36.9 Å². The normalized spacial score (nSPS) is 17.5. The van der Waals surface area contributed by atoms with Crippen molar-refractivity contribution in [2.24, 2.45) is 5.73 Å². The largest absolute Gasteiger partial charge is 0.492 e. The second-order valence-electron chi connectivity index (χ2n) is 5.39. The first kappa shape index (κ1) is 13.1. The summed E-state index contributed by atoms with van der Waals surface area (Å²) in [7, 11) is 0. The summed E-state index contributed by atoms with van der Waals surface area (Å²) in [6.45, 7) is 2.61. The Balaban J connectivity index is 1.89. The number of hydrogen-bond acceptors (Lipinski definition) is 3. The van der Waals surface area contributed by atoms with Gasteiger partial charge in [0.2, 0.25) is 0 Å². The average molecular weight is 268 g/mol. The van der Waals surface area contributed by atoms with Crippen molar-refractivity contribution in [1.82, 2.24) is 4.98 Å². The van der Waals surface area contributed by atoms with Gasteiger partial charge in [-0.05, 0) is 37.0 Å². The molecule has 1 saturated carbocycles. The van der Waals surface area contributed by atoms with Crippen LogP contribution >= 0.6 is 0 Å². The Morgan fingerprint density at radius 3 is 2.65 bits per heavy atom. The predicted molar refractivity (Wildman–Crippen MR) is 79.7 cm³/mol. The Morgan fingerprint density at radius 1 is 1.25 bits per heavy atom. The quantitative estimate of drug-likeness (QED) is 0.905. The van der Waals surface area contributed by atoms with E-state index in [0.29, 0.717) is 6.61 Å². The van der Waals surface area contributed by atoms with Crippen LogP contribution in [0.25, 0.3) is 0 Å². The number of nitrogens with zero attached hydrogens (tertiary/aromatic N) is 1. The maximum Gasteiger partial charge on any atom is 0.137 e. The molecule has 1 aliphatic carbocycles. The number of aromatic nitrogens is 1. The fourth-order valence-corrected chi connectivity index (χ4v) is 2.85. The van der Waals surface area contributed by atoms with Crippen molar-refractivity contribution in [1.29, 1.82) is 0 Å². The summed E-state index contributed by atoms with van der Waals surface area (Å²) in [5.74, 6) is 0.796. The summed E-state index contributed by atoms with van der Waals surface area (Å²) in [6.07, 6.45) is 5.87. The van der Waals surface area contributed by atoms with E-state index in [1.165, 1.54) is 5.56 Å². The summed E-state index contributed by atoms with van der Waals surface area (Å²) in [6, 6.07) is 12.5. The Morgan fingerprint density at radius 2 is 2.00 bits per heavy atom. The molecule has 1 atom stereocenters. The zero-order valence-corrected chi connectivity index (χ0v) is 11.8. The van der Waals surface area contributed by atoms with Gasteiger partial charge in [0.25, 0.3) is 0 Å². The molecule has 1 heterocycles. The molecule has 0 spiro atoms. The van der Waals surface area contributed by atoms with E-state index in [9.17, 15) is 0 Å². The van der Waals surface area contributed by atoms with E-state index in [1.54, 1.807) is 6.20 Å². The molecule has 3 nitrogen and oxygen atoms in total. The number of benzene rings is 1. The molecule has 3 heteroatoms. The van der Waals surface area contributed by atoms with E-state index in [2.05, 4.69) is 29.2 Å². The van der Waals surface area contributed by atoms with Crippen LogP contribution in [0.3, 0.4) is 0 Å². The minimum atomic E-state index is -0.0298. The third kappa shape index (κ3) is 2.29. The number of pyridine rings is 1. The molecule has 0 radical (unpaired) electrons. The van der Waals surface area contributed by atoms with Gasteiger partial charge >= 0.3 is 0 Å². The van der Waals surface area contributed by atoms with Crippen molar-refractivity contribution < 1.29 is 4.74 Å². The van der Waals surface area contributed by atoms with Gasteiger partial charge in [0.1, 0.15) is 5.75 Å². The van der Waals surface area contributed by atoms with Crippen molar-refractivity contribution in [2.45, 2.75) is 31.2 Å². The molecule has 2 N–H and O–H groups in total. The van der Waals surface area contributed by atoms with Crippen LogP contribution in [0.2, 0.25) is 0 Å². The molecule has 1 unspecified atom stereocenters. The molecule has 1 aliphatic rings. The minimum Gasteiger partial charge on any atom is -0.492 e. The van der Waals surface area contributed by atoms with Gasteiger partial charge in [-0.25, -0.2) is 0 Å². The van der Waals surface area contributed by atoms with Gasteiger partial charge in [0, 0.05) is 17.7 Å². The lowest BCUT2D eigenvalue weighted by molar-refractivity contribution is 0.338. The Hall–Kier alpha value is -1.87. The van der Waals surface area contributed by atoms with Crippen molar-refractivity contribution >= 4 is 0 Å². The smallest absolute Gasteiger partial charge is 0.137 e. The van der Waals surface area contributed by atoms with E-state index < -0.39 is 0 Å². The maximum atomic E-state index is 6.54. The van der Waals surface area contributed by atoms with Crippen LogP contribution in [0, 0.1) is 0 Å². The fraction of sp³-hybridized carbons (Fsp3) is 0.353. The molecule has 0 amide bonds. The second-order valence-corrected chi connectivity index (χ2v) is 5.39. The summed E-state index contributed by atoms with van der Waals surface area (Å²) in [5.41, 5.74) is 9.00. The molecule has 3 rings (SSSR count). The molecule has 0 bridgehead atoms. The highest BCUT2D eigenvalue weighted by Crippen LogP contribution is 2.55. The van der Waals surface area contributed by atoms with E-state index in [4.69, 9.17) is 10.5 Å². The number of rotatable bonds is 5. The van der Waals surface area contributed by atoms with Gasteiger partial charge in [0.05, 0.1) is 12.8 Å². The molecular formula is C17H20N2O. The third-order valence-electron chi connectivity index (χ3n) is 4.14. The van der Waals surface area contributed by atoms with Crippen molar-refractivity contribution in [2.75, 3.05) is 6.61 Å². The van der Waals surface area contributed by atoms with Gasteiger partial charge in [-0.1, -0.05) is 30.3 Å². The van der Waals surface area contributed by atoms with E-state index in [0.717, 1.165) is 24.2 Å². The monoisotopic (exact) mass is 268 g/mol. The SMILES string of the molecule is CCOc1cncc(C(N)C2(c3ccccc3)CC2)c1. The molecule has 20 heavy (non-hydrogen) atoms. The molecule has 104 valence electrons. The lowest BCUT2D eigenvalue weighted by Crippen LogP contribution is -2.26. The van der Waals surface area contributed by atoms with Crippen LogP contribution < -0.4 is 10.5 Å². The first-order chi connectivity index (χ1) is 9.76. The van der Waals surface area contributed by atoms with Gasteiger partial charge < -0.3 is 10.5 Å². The van der Waals surface area contributed by atoms with Gasteiger partial charge in [0.15, 0.2) is 0 Å².